The van der Waals surface area contributed by atoms with Crippen LogP contribution in [0.15, 0.2) is 29.2 Å². The molecule has 0 aliphatic heterocycles. The summed E-state index contributed by atoms with van der Waals surface area (Å²) in [5.74, 6) is 0.584. The number of carbonyl (C=O) groups excluding carboxylic acids is 1. The van der Waals surface area contributed by atoms with E-state index in [2.05, 4.69) is 50.4 Å². The van der Waals surface area contributed by atoms with Crippen molar-refractivity contribution >= 4 is 17.7 Å². The molecule has 1 aromatic carbocycles. The van der Waals surface area contributed by atoms with Crippen LogP contribution in [-0.4, -0.2) is 18.2 Å². The average molecular weight is 251 g/mol. The third kappa shape index (κ3) is 4.82. The Labute approximate surface area is 108 Å². The van der Waals surface area contributed by atoms with Crippen LogP contribution in [0, 0.1) is 0 Å². The summed E-state index contributed by atoms with van der Waals surface area (Å²) in [5, 5.41) is 2.79. The van der Waals surface area contributed by atoms with Gasteiger partial charge < -0.3 is 5.32 Å². The van der Waals surface area contributed by atoms with E-state index in [1.807, 2.05) is 6.92 Å². The molecule has 1 amide bonds. The second-order valence-corrected chi connectivity index (χ2v) is 6.07. The first-order valence-corrected chi connectivity index (χ1v) is 6.92. The maximum atomic E-state index is 11.3. The predicted octanol–water partition coefficient (Wildman–Crippen LogP) is 3.21. The fraction of sp³-hybridized carbons (Fsp3) is 0.500. The predicted molar refractivity (Wildman–Crippen MR) is 74.5 cm³/mol. The molecular formula is C14H21NOS. The van der Waals surface area contributed by atoms with Gasteiger partial charge in [0.15, 0.2) is 0 Å². The minimum absolute atomic E-state index is 0.0948. The lowest BCUT2D eigenvalue weighted by Gasteiger charge is -2.19. The lowest BCUT2D eigenvalue weighted by molar-refractivity contribution is -0.118. The SMILES string of the molecule is CCNC(=O)CSc1ccc(C(C)(C)C)cc1. The molecule has 0 heterocycles. The Morgan fingerprint density at radius 2 is 1.82 bits per heavy atom. The molecule has 2 nitrogen and oxygen atoms in total. The molecule has 0 bridgehead atoms. The minimum Gasteiger partial charge on any atom is -0.356 e. The van der Waals surface area contributed by atoms with Crippen molar-refractivity contribution in [3.05, 3.63) is 29.8 Å². The third-order valence-electron chi connectivity index (χ3n) is 2.46. The molecule has 0 atom stereocenters. The van der Waals surface area contributed by atoms with Crippen LogP contribution in [0.3, 0.4) is 0 Å². The van der Waals surface area contributed by atoms with Gasteiger partial charge in [-0.15, -0.1) is 11.8 Å². The Morgan fingerprint density at radius 1 is 1.24 bits per heavy atom. The van der Waals surface area contributed by atoms with Crippen LogP contribution in [0.2, 0.25) is 0 Å². The molecular weight excluding hydrogens is 230 g/mol. The number of hydrogen-bond acceptors (Lipinski definition) is 2. The number of benzene rings is 1. The summed E-state index contributed by atoms with van der Waals surface area (Å²) in [4.78, 5) is 12.5. The van der Waals surface area contributed by atoms with Gasteiger partial charge in [-0.1, -0.05) is 32.9 Å². The largest absolute Gasteiger partial charge is 0.356 e. The van der Waals surface area contributed by atoms with Gasteiger partial charge in [-0.3, -0.25) is 4.79 Å². The summed E-state index contributed by atoms with van der Waals surface area (Å²) in [7, 11) is 0. The standard InChI is InChI=1S/C14H21NOS/c1-5-15-13(16)10-17-12-8-6-11(7-9-12)14(2,3)4/h6-9H,5,10H2,1-4H3,(H,15,16). The van der Waals surface area contributed by atoms with E-state index in [1.54, 1.807) is 11.8 Å². The summed E-state index contributed by atoms with van der Waals surface area (Å²) >= 11 is 1.58. The van der Waals surface area contributed by atoms with Crippen molar-refractivity contribution in [1.29, 1.82) is 0 Å². The lowest BCUT2D eigenvalue weighted by Crippen LogP contribution is -2.24. The van der Waals surface area contributed by atoms with E-state index in [1.165, 1.54) is 5.56 Å². The summed E-state index contributed by atoms with van der Waals surface area (Å²) in [6.07, 6.45) is 0. The van der Waals surface area contributed by atoms with Gasteiger partial charge in [0.2, 0.25) is 5.91 Å². The van der Waals surface area contributed by atoms with E-state index in [9.17, 15) is 4.79 Å². The normalized spacial score (nSPS) is 11.3. The average Bonchev–Trinajstić information content (AvgIpc) is 2.26. The van der Waals surface area contributed by atoms with Gasteiger partial charge in [0, 0.05) is 11.4 Å². The number of nitrogens with one attached hydrogen (secondary N) is 1. The molecule has 17 heavy (non-hydrogen) atoms. The number of rotatable bonds is 4. The molecule has 0 aliphatic rings. The molecule has 0 fully saturated rings. The van der Waals surface area contributed by atoms with Gasteiger partial charge in [0.25, 0.3) is 0 Å². The number of amides is 1. The highest BCUT2D eigenvalue weighted by atomic mass is 32.2. The Morgan fingerprint density at radius 3 is 2.29 bits per heavy atom. The molecule has 0 radical (unpaired) electrons. The summed E-state index contributed by atoms with van der Waals surface area (Å²) in [6.45, 7) is 9.22. The van der Waals surface area contributed by atoms with Gasteiger partial charge in [-0.25, -0.2) is 0 Å². The molecule has 1 N–H and O–H groups in total. The zero-order valence-electron chi connectivity index (χ0n) is 11.0. The van der Waals surface area contributed by atoms with Crippen molar-refractivity contribution in [2.45, 2.75) is 38.0 Å². The first-order valence-electron chi connectivity index (χ1n) is 5.93. The molecule has 0 aromatic heterocycles. The molecule has 1 aromatic rings. The van der Waals surface area contributed by atoms with Gasteiger partial charge >= 0.3 is 0 Å². The fourth-order valence-electron chi connectivity index (χ4n) is 1.45. The second-order valence-electron chi connectivity index (χ2n) is 5.02. The van der Waals surface area contributed by atoms with Gasteiger partial charge in [0.1, 0.15) is 0 Å². The van der Waals surface area contributed by atoms with Gasteiger partial charge in [0.05, 0.1) is 5.75 Å². The van der Waals surface area contributed by atoms with Crippen LogP contribution < -0.4 is 5.32 Å². The number of thioether (sulfide) groups is 1. The Hall–Kier alpha value is -0.960. The number of carbonyl (C=O) groups is 1. The lowest BCUT2D eigenvalue weighted by atomic mass is 9.87. The van der Waals surface area contributed by atoms with Gasteiger partial charge in [-0.2, -0.15) is 0 Å². The van der Waals surface area contributed by atoms with Crippen molar-refractivity contribution in [3.63, 3.8) is 0 Å². The van der Waals surface area contributed by atoms with E-state index in [0.717, 1.165) is 4.90 Å². The second kappa shape index (κ2) is 6.10. The maximum Gasteiger partial charge on any atom is 0.230 e. The maximum absolute atomic E-state index is 11.3. The van der Waals surface area contributed by atoms with E-state index in [4.69, 9.17) is 0 Å². The highest BCUT2D eigenvalue weighted by Gasteiger charge is 2.12. The van der Waals surface area contributed by atoms with E-state index in [0.29, 0.717) is 12.3 Å². The Balaban J connectivity index is 2.54. The van der Waals surface area contributed by atoms with Crippen molar-refractivity contribution in [1.82, 2.24) is 5.32 Å². The van der Waals surface area contributed by atoms with Crippen LogP contribution >= 0.6 is 11.8 Å². The third-order valence-corrected chi connectivity index (χ3v) is 3.48. The Bertz CT molecular complexity index is 365. The minimum atomic E-state index is 0.0948. The highest BCUT2D eigenvalue weighted by molar-refractivity contribution is 8.00. The Kier molecular flexibility index (Phi) is 5.06. The monoisotopic (exact) mass is 251 g/mol. The van der Waals surface area contributed by atoms with Gasteiger partial charge in [-0.05, 0) is 30.0 Å². The summed E-state index contributed by atoms with van der Waals surface area (Å²) in [5.41, 5.74) is 1.50. The van der Waals surface area contributed by atoms with Crippen molar-refractivity contribution in [2.75, 3.05) is 12.3 Å². The van der Waals surface area contributed by atoms with E-state index in [-0.39, 0.29) is 11.3 Å². The summed E-state index contributed by atoms with van der Waals surface area (Å²) < 4.78 is 0. The summed E-state index contributed by atoms with van der Waals surface area (Å²) in [6, 6.07) is 8.45. The smallest absolute Gasteiger partial charge is 0.230 e. The van der Waals surface area contributed by atoms with E-state index >= 15 is 0 Å². The highest BCUT2D eigenvalue weighted by Crippen LogP contribution is 2.25. The molecule has 0 spiro atoms. The van der Waals surface area contributed by atoms with Crippen LogP contribution in [0.1, 0.15) is 33.3 Å². The topological polar surface area (TPSA) is 29.1 Å². The van der Waals surface area contributed by atoms with Crippen LogP contribution in [0.5, 0.6) is 0 Å². The molecule has 3 heteroatoms. The molecule has 0 unspecified atom stereocenters. The van der Waals surface area contributed by atoms with Crippen molar-refractivity contribution < 1.29 is 4.79 Å². The number of hydrogen-bond donors (Lipinski definition) is 1. The van der Waals surface area contributed by atoms with Crippen molar-refractivity contribution in [2.24, 2.45) is 0 Å². The molecule has 0 saturated carbocycles. The molecule has 1 rings (SSSR count). The quantitative estimate of drug-likeness (QED) is 0.833. The molecule has 0 aliphatic carbocycles. The zero-order valence-corrected chi connectivity index (χ0v) is 11.9. The first kappa shape index (κ1) is 14.1. The first-order chi connectivity index (χ1) is 7.93. The fourth-order valence-corrected chi connectivity index (χ4v) is 2.18. The van der Waals surface area contributed by atoms with Crippen LogP contribution in [0.4, 0.5) is 0 Å². The molecule has 0 saturated heterocycles. The van der Waals surface area contributed by atoms with E-state index < -0.39 is 0 Å². The van der Waals surface area contributed by atoms with Crippen LogP contribution in [0.25, 0.3) is 0 Å². The van der Waals surface area contributed by atoms with Crippen molar-refractivity contribution in [3.8, 4) is 0 Å². The molecule has 94 valence electrons. The zero-order chi connectivity index (χ0) is 12.9. The van der Waals surface area contributed by atoms with Crippen LogP contribution in [-0.2, 0) is 10.2 Å².